The number of aryl methyl sites for hydroxylation is 1. The van der Waals surface area contributed by atoms with Gasteiger partial charge in [0, 0.05) is 11.8 Å². The van der Waals surface area contributed by atoms with Gasteiger partial charge in [-0.2, -0.15) is 13.2 Å². The molecule has 0 aliphatic carbocycles. The predicted octanol–water partition coefficient (Wildman–Crippen LogP) is 4.68. The van der Waals surface area contributed by atoms with Crippen molar-refractivity contribution in [3.63, 3.8) is 0 Å². The zero-order valence-corrected chi connectivity index (χ0v) is 17.3. The van der Waals surface area contributed by atoms with Crippen LogP contribution in [0.15, 0.2) is 66.0 Å². The lowest BCUT2D eigenvalue weighted by atomic mass is 9.93. The van der Waals surface area contributed by atoms with Gasteiger partial charge in [0.25, 0.3) is 0 Å². The van der Waals surface area contributed by atoms with Crippen molar-refractivity contribution in [1.29, 1.82) is 0 Å². The van der Waals surface area contributed by atoms with Crippen LogP contribution in [0.25, 0.3) is 11.3 Å². The number of benzene rings is 2. The molecule has 158 valence electrons. The molecule has 1 aromatic heterocycles. The van der Waals surface area contributed by atoms with Crippen LogP contribution in [-0.2, 0) is 21.7 Å². The first kappa shape index (κ1) is 21.9. The van der Waals surface area contributed by atoms with Crippen LogP contribution in [-0.4, -0.2) is 18.4 Å². The summed E-state index contributed by atoms with van der Waals surface area (Å²) in [5.41, 5.74) is 0.453. The lowest BCUT2D eigenvalue weighted by Gasteiger charge is -2.28. The van der Waals surface area contributed by atoms with Gasteiger partial charge in [-0.25, -0.2) is 23.1 Å². The van der Waals surface area contributed by atoms with E-state index >= 15 is 0 Å². The van der Waals surface area contributed by atoms with Gasteiger partial charge in [0.05, 0.1) is 21.7 Å². The van der Waals surface area contributed by atoms with Crippen LogP contribution in [0.3, 0.4) is 0 Å². The smallest absolute Gasteiger partial charge is 0.245 e. The van der Waals surface area contributed by atoms with Gasteiger partial charge in [0.2, 0.25) is 10.0 Å². The molecule has 0 radical (unpaired) electrons. The Morgan fingerprint density at radius 3 is 2.37 bits per heavy atom. The molecular formula is C21H20F3N3O2S. The average molecular weight is 435 g/mol. The van der Waals surface area contributed by atoms with E-state index in [-0.39, 0.29) is 0 Å². The van der Waals surface area contributed by atoms with Gasteiger partial charge in [-0.3, -0.25) is 0 Å². The molecule has 0 aliphatic rings. The van der Waals surface area contributed by atoms with E-state index in [0.717, 1.165) is 29.3 Å². The van der Waals surface area contributed by atoms with Gasteiger partial charge in [-0.1, -0.05) is 30.3 Å². The first-order chi connectivity index (χ1) is 13.9. The van der Waals surface area contributed by atoms with E-state index in [1.54, 1.807) is 38.2 Å². The number of halogens is 3. The number of nitrogens with zero attached hydrogens (tertiary/aromatic N) is 2. The predicted molar refractivity (Wildman–Crippen MR) is 107 cm³/mol. The summed E-state index contributed by atoms with van der Waals surface area (Å²) >= 11 is 0. The highest BCUT2D eigenvalue weighted by Gasteiger charge is 2.38. The van der Waals surface area contributed by atoms with Gasteiger partial charge >= 0.3 is 6.18 Å². The van der Waals surface area contributed by atoms with E-state index in [2.05, 4.69) is 14.7 Å². The second kappa shape index (κ2) is 7.81. The van der Waals surface area contributed by atoms with E-state index in [4.69, 9.17) is 0 Å². The van der Waals surface area contributed by atoms with E-state index in [1.165, 1.54) is 12.4 Å². The highest BCUT2D eigenvalue weighted by Crippen LogP contribution is 2.35. The minimum Gasteiger partial charge on any atom is -0.245 e. The van der Waals surface area contributed by atoms with Crippen LogP contribution >= 0.6 is 0 Å². The van der Waals surface area contributed by atoms with E-state index in [0.29, 0.717) is 11.3 Å². The maximum absolute atomic E-state index is 13.3. The lowest BCUT2D eigenvalue weighted by molar-refractivity contribution is -0.139. The Labute approximate surface area is 173 Å². The molecule has 0 atom stereocenters. The molecule has 0 aliphatic heterocycles. The first-order valence-corrected chi connectivity index (χ1v) is 10.5. The maximum atomic E-state index is 13.3. The van der Waals surface area contributed by atoms with Crippen molar-refractivity contribution in [2.45, 2.75) is 37.4 Å². The summed E-state index contributed by atoms with van der Waals surface area (Å²) in [5, 5.41) is 0. The number of rotatable bonds is 5. The fourth-order valence-electron chi connectivity index (χ4n) is 3.14. The van der Waals surface area contributed by atoms with Crippen LogP contribution in [0.2, 0.25) is 0 Å². The molecule has 1 heterocycles. The van der Waals surface area contributed by atoms with E-state index in [9.17, 15) is 21.6 Å². The molecule has 3 aromatic rings. The summed E-state index contributed by atoms with van der Waals surface area (Å²) in [5.74, 6) is 0. The maximum Gasteiger partial charge on any atom is 0.417 e. The van der Waals surface area contributed by atoms with Gasteiger partial charge in [-0.15, -0.1) is 0 Å². The van der Waals surface area contributed by atoms with Crippen molar-refractivity contribution in [2.75, 3.05) is 0 Å². The molecule has 0 amide bonds. The SMILES string of the molecule is Cc1cncnc1-c1cccc(C(C)(C)NS(=O)(=O)c2ccccc2C(F)(F)F)c1. The third-order valence-electron chi connectivity index (χ3n) is 4.62. The highest BCUT2D eigenvalue weighted by molar-refractivity contribution is 7.89. The topological polar surface area (TPSA) is 72.0 Å². The summed E-state index contributed by atoms with van der Waals surface area (Å²) in [6, 6.07) is 11.1. The Kier molecular flexibility index (Phi) is 5.70. The summed E-state index contributed by atoms with van der Waals surface area (Å²) in [4.78, 5) is 7.40. The number of nitrogens with one attached hydrogen (secondary N) is 1. The lowest BCUT2D eigenvalue weighted by Crippen LogP contribution is -2.41. The molecule has 5 nitrogen and oxygen atoms in total. The van der Waals surface area contributed by atoms with E-state index < -0.39 is 32.2 Å². The zero-order chi connectivity index (χ0) is 22.2. The summed E-state index contributed by atoms with van der Waals surface area (Å²) in [6.07, 6.45) is -1.71. The summed E-state index contributed by atoms with van der Waals surface area (Å²) in [7, 11) is -4.46. The van der Waals surface area contributed by atoms with Crippen molar-refractivity contribution in [1.82, 2.24) is 14.7 Å². The van der Waals surface area contributed by atoms with Crippen molar-refractivity contribution in [2.24, 2.45) is 0 Å². The Bertz CT molecular complexity index is 1180. The molecule has 0 saturated heterocycles. The first-order valence-electron chi connectivity index (χ1n) is 8.99. The number of aromatic nitrogens is 2. The second-order valence-corrected chi connectivity index (χ2v) is 9.01. The van der Waals surface area contributed by atoms with Crippen molar-refractivity contribution in [3.8, 4) is 11.3 Å². The molecule has 0 bridgehead atoms. The fraction of sp³-hybridized carbons (Fsp3) is 0.238. The van der Waals surface area contributed by atoms with Crippen LogP contribution in [0.4, 0.5) is 13.2 Å². The Hall–Kier alpha value is -2.78. The Morgan fingerprint density at radius 1 is 1.00 bits per heavy atom. The number of hydrogen-bond acceptors (Lipinski definition) is 4. The normalized spacial score (nSPS) is 12.7. The van der Waals surface area contributed by atoms with Crippen LogP contribution < -0.4 is 4.72 Å². The minimum atomic E-state index is -4.79. The molecule has 9 heteroatoms. The molecule has 0 spiro atoms. The van der Waals surface area contributed by atoms with Gasteiger partial charge in [0.15, 0.2) is 0 Å². The molecule has 0 saturated carbocycles. The summed E-state index contributed by atoms with van der Waals surface area (Å²) < 4.78 is 68.1. The Morgan fingerprint density at radius 2 is 1.70 bits per heavy atom. The monoisotopic (exact) mass is 435 g/mol. The number of hydrogen-bond donors (Lipinski definition) is 1. The molecule has 0 fully saturated rings. The fourth-order valence-corrected chi connectivity index (χ4v) is 4.77. The van der Waals surface area contributed by atoms with Crippen LogP contribution in [0.5, 0.6) is 0 Å². The number of sulfonamides is 1. The highest BCUT2D eigenvalue weighted by atomic mass is 32.2. The number of alkyl halides is 3. The molecule has 2 aromatic carbocycles. The van der Waals surface area contributed by atoms with Crippen LogP contribution in [0, 0.1) is 6.92 Å². The molecule has 3 rings (SSSR count). The second-order valence-electron chi connectivity index (χ2n) is 7.36. The third-order valence-corrected chi connectivity index (χ3v) is 6.34. The van der Waals surface area contributed by atoms with Gasteiger partial charge in [0.1, 0.15) is 6.33 Å². The zero-order valence-electron chi connectivity index (χ0n) is 16.5. The van der Waals surface area contributed by atoms with Crippen molar-refractivity contribution in [3.05, 3.63) is 77.7 Å². The van der Waals surface area contributed by atoms with Crippen molar-refractivity contribution >= 4 is 10.0 Å². The third kappa shape index (κ3) is 4.52. The average Bonchev–Trinajstić information content (AvgIpc) is 2.67. The van der Waals surface area contributed by atoms with E-state index in [1.807, 2.05) is 13.0 Å². The van der Waals surface area contributed by atoms with Gasteiger partial charge in [-0.05, 0) is 50.1 Å². The Balaban J connectivity index is 2.00. The van der Waals surface area contributed by atoms with Crippen LogP contribution in [0.1, 0.15) is 30.5 Å². The van der Waals surface area contributed by atoms with Crippen molar-refractivity contribution < 1.29 is 21.6 Å². The minimum absolute atomic E-state index is 0.575. The quantitative estimate of drug-likeness (QED) is 0.631. The molecule has 1 N–H and O–H groups in total. The largest absolute Gasteiger partial charge is 0.417 e. The standard InChI is InChI=1S/C21H20F3N3O2S/c1-14-12-25-13-26-19(14)15-7-6-8-16(11-15)20(2,3)27-30(28,29)18-10-5-4-9-17(18)21(22,23)24/h4-13,27H,1-3H3. The molecular weight excluding hydrogens is 415 g/mol. The van der Waals surface area contributed by atoms with Gasteiger partial charge < -0.3 is 0 Å². The molecule has 0 unspecified atom stereocenters. The molecule has 30 heavy (non-hydrogen) atoms. The summed E-state index contributed by atoms with van der Waals surface area (Å²) in [6.45, 7) is 5.03.